The van der Waals surface area contributed by atoms with Gasteiger partial charge in [-0.05, 0) is 30.7 Å². The van der Waals surface area contributed by atoms with Gasteiger partial charge in [-0.25, -0.2) is 9.78 Å². The van der Waals surface area contributed by atoms with Gasteiger partial charge in [-0.1, -0.05) is 17.8 Å². The zero-order valence-electron chi connectivity index (χ0n) is 15.6. The van der Waals surface area contributed by atoms with Gasteiger partial charge < -0.3 is 15.3 Å². The summed E-state index contributed by atoms with van der Waals surface area (Å²) in [6.45, 7) is 1.31. The number of carbonyl (C=O) groups excluding carboxylic acids is 1. The first kappa shape index (κ1) is 19.7. The van der Waals surface area contributed by atoms with E-state index in [-0.39, 0.29) is 17.6 Å². The van der Waals surface area contributed by atoms with Crippen LogP contribution in [0.1, 0.15) is 23.3 Å². The number of aromatic carboxylic acids is 1. The fraction of sp³-hybridized carbons (Fsp3) is 0.300. The Morgan fingerprint density at radius 3 is 3.07 bits per heavy atom. The molecule has 29 heavy (non-hydrogen) atoms. The lowest BCUT2D eigenvalue weighted by molar-refractivity contribution is -0.128. The van der Waals surface area contributed by atoms with Crippen molar-refractivity contribution in [2.24, 2.45) is 0 Å². The first-order valence-electron chi connectivity index (χ1n) is 9.30. The number of nitrogens with one attached hydrogen (secondary N) is 1. The van der Waals surface area contributed by atoms with Crippen molar-refractivity contribution < 1.29 is 14.7 Å². The fourth-order valence-electron chi connectivity index (χ4n) is 3.45. The molecule has 0 bridgehead atoms. The van der Waals surface area contributed by atoms with Crippen LogP contribution < -0.4 is 5.32 Å². The van der Waals surface area contributed by atoms with Crippen molar-refractivity contribution in [1.29, 1.82) is 0 Å². The Hall–Kier alpha value is -2.65. The molecule has 0 aliphatic carbocycles. The molecule has 2 aromatic heterocycles. The molecule has 0 unspecified atom stereocenters. The van der Waals surface area contributed by atoms with Gasteiger partial charge in [0.05, 0.1) is 5.52 Å². The topological polar surface area (TPSA) is 95.4 Å². The van der Waals surface area contributed by atoms with Crippen LogP contribution in [-0.4, -0.2) is 56.7 Å². The van der Waals surface area contributed by atoms with E-state index in [9.17, 15) is 9.59 Å². The SMILES string of the molecule is O=C(O)c1csc(SCCN2C(=O)CC[C@@H]2CNc2cccc3ncccc23)n1. The molecular weight excluding hydrogens is 408 g/mol. The van der Waals surface area contributed by atoms with Crippen molar-refractivity contribution in [2.45, 2.75) is 23.2 Å². The number of fused-ring (bicyclic) bond motifs is 1. The maximum Gasteiger partial charge on any atom is 0.355 e. The zero-order chi connectivity index (χ0) is 20.2. The van der Waals surface area contributed by atoms with Crippen molar-refractivity contribution in [2.75, 3.05) is 24.2 Å². The number of hydrogen-bond donors (Lipinski definition) is 2. The van der Waals surface area contributed by atoms with E-state index >= 15 is 0 Å². The molecule has 0 radical (unpaired) electrons. The highest BCUT2D eigenvalue weighted by atomic mass is 32.2. The standard InChI is InChI=1S/C20H20N4O3S2/c25-18-7-6-13(11-22-16-5-1-4-15-14(16)3-2-8-21-15)24(18)9-10-28-20-23-17(12-29-20)19(26)27/h1-5,8,12-13,22H,6-7,9-11H2,(H,26,27)/t13-/m1/s1. The first-order chi connectivity index (χ1) is 14.1. The molecule has 9 heteroatoms. The molecule has 1 amide bonds. The summed E-state index contributed by atoms with van der Waals surface area (Å²) < 4.78 is 0.715. The third-order valence-corrected chi connectivity index (χ3v) is 6.89. The minimum atomic E-state index is -1.02. The lowest BCUT2D eigenvalue weighted by atomic mass is 10.1. The highest BCUT2D eigenvalue weighted by molar-refractivity contribution is 8.01. The number of anilines is 1. The summed E-state index contributed by atoms with van der Waals surface area (Å²) in [6, 6.07) is 10.1. The van der Waals surface area contributed by atoms with E-state index in [1.807, 2.05) is 35.2 Å². The van der Waals surface area contributed by atoms with Crippen molar-refractivity contribution in [3.05, 3.63) is 47.6 Å². The van der Waals surface area contributed by atoms with Gasteiger partial charge in [0.15, 0.2) is 10.0 Å². The molecule has 1 aliphatic heterocycles. The van der Waals surface area contributed by atoms with Crippen molar-refractivity contribution in [3.8, 4) is 0 Å². The first-order valence-corrected chi connectivity index (χ1v) is 11.2. The number of rotatable bonds is 8. The molecule has 1 fully saturated rings. The highest BCUT2D eigenvalue weighted by Gasteiger charge is 2.30. The number of thioether (sulfide) groups is 1. The van der Waals surface area contributed by atoms with Gasteiger partial charge in [0.2, 0.25) is 5.91 Å². The van der Waals surface area contributed by atoms with Gasteiger partial charge in [-0.3, -0.25) is 9.78 Å². The highest BCUT2D eigenvalue weighted by Crippen LogP contribution is 2.26. The van der Waals surface area contributed by atoms with Crippen LogP contribution in [-0.2, 0) is 4.79 Å². The van der Waals surface area contributed by atoms with Crippen LogP contribution in [0.15, 0.2) is 46.2 Å². The van der Waals surface area contributed by atoms with Crippen molar-refractivity contribution in [1.82, 2.24) is 14.9 Å². The largest absolute Gasteiger partial charge is 0.476 e. The number of benzene rings is 1. The number of nitrogens with zero attached hydrogens (tertiary/aromatic N) is 3. The van der Waals surface area contributed by atoms with E-state index in [1.165, 1.54) is 28.5 Å². The Morgan fingerprint density at radius 2 is 2.24 bits per heavy atom. The number of aromatic nitrogens is 2. The summed E-state index contributed by atoms with van der Waals surface area (Å²) in [5.41, 5.74) is 2.03. The second-order valence-corrected chi connectivity index (χ2v) is 8.89. The summed E-state index contributed by atoms with van der Waals surface area (Å²) in [5, 5.41) is 15.1. The second kappa shape index (κ2) is 8.79. The number of carboxylic acids is 1. The monoisotopic (exact) mass is 428 g/mol. The second-order valence-electron chi connectivity index (χ2n) is 6.69. The Labute approximate surface area is 176 Å². The number of likely N-dealkylation sites (tertiary alicyclic amines) is 1. The average Bonchev–Trinajstić information content (AvgIpc) is 3.34. The molecule has 1 aliphatic rings. The predicted molar refractivity (Wildman–Crippen MR) is 115 cm³/mol. The van der Waals surface area contributed by atoms with E-state index in [0.717, 1.165) is 23.0 Å². The number of hydrogen-bond acceptors (Lipinski definition) is 7. The minimum absolute atomic E-state index is 0.0707. The van der Waals surface area contributed by atoms with Crippen molar-refractivity contribution in [3.63, 3.8) is 0 Å². The number of pyridine rings is 1. The Kier molecular flexibility index (Phi) is 5.96. The summed E-state index contributed by atoms with van der Waals surface area (Å²) in [4.78, 5) is 33.6. The number of carbonyl (C=O) groups is 2. The van der Waals surface area contributed by atoms with Crippen LogP contribution in [0.25, 0.3) is 10.9 Å². The van der Waals surface area contributed by atoms with Gasteiger partial charge in [0.25, 0.3) is 0 Å². The van der Waals surface area contributed by atoms with Crippen LogP contribution in [0.4, 0.5) is 5.69 Å². The quantitative estimate of drug-likeness (QED) is 0.530. The lowest BCUT2D eigenvalue weighted by Crippen LogP contribution is -2.39. The summed E-state index contributed by atoms with van der Waals surface area (Å²) in [7, 11) is 0. The van der Waals surface area contributed by atoms with Crippen LogP contribution in [0.2, 0.25) is 0 Å². The van der Waals surface area contributed by atoms with E-state index in [4.69, 9.17) is 5.11 Å². The number of carboxylic acid groups (broad SMARTS) is 1. The van der Waals surface area contributed by atoms with Crippen LogP contribution >= 0.6 is 23.1 Å². The normalized spacial score (nSPS) is 16.5. The molecule has 0 spiro atoms. The lowest BCUT2D eigenvalue weighted by Gasteiger charge is -2.25. The van der Waals surface area contributed by atoms with Gasteiger partial charge in [-0.2, -0.15) is 0 Å². The summed E-state index contributed by atoms with van der Waals surface area (Å²) >= 11 is 2.81. The van der Waals surface area contributed by atoms with Crippen molar-refractivity contribution >= 4 is 51.6 Å². The summed E-state index contributed by atoms with van der Waals surface area (Å²) in [6.07, 6.45) is 3.18. The smallest absolute Gasteiger partial charge is 0.355 e. The van der Waals surface area contributed by atoms with Gasteiger partial charge in [0.1, 0.15) is 0 Å². The molecule has 4 rings (SSSR count). The van der Waals surface area contributed by atoms with Gasteiger partial charge >= 0.3 is 5.97 Å². The third kappa shape index (κ3) is 4.51. The third-order valence-electron chi connectivity index (χ3n) is 4.89. The molecule has 150 valence electrons. The summed E-state index contributed by atoms with van der Waals surface area (Å²) in [5.74, 6) is -0.160. The predicted octanol–water partition coefficient (Wildman–Crippen LogP) is 3.58. The van der Waals surface area contributed by atoms with Crippen LogP contribution in [0.3, 0.4) is 0 Å². The fourth-order valence-corrected chi connectivity index (χ4v) is 5.26. The van der Waals surface area contributed by atoms with E-state index in [0.29, 0.717) is 29.6 Å². The maximum atomic E-state index is 12.3. The van der Waals surface area contributed by atoms with E-state index in [1.54, 1.807) is 6.20 Å². The van der Waals surface area contributed by atoms with Crippen LogP contribution in [0, 0.1) is 0 Å². The number of amides is 1. The van der Waals surface area contributed by atoms with E-state index in [2.05, 4.69) is 15.3 Å². The zero-order valence-corrected chi connectivity index (χ0v) is 17.2. The molecule has 1 saturated heterocycles. The molecule has 7 nitrogen and oxygen atoms in total. The van der Waals surface area contributed by atoms with Gasteiger partial charge in [0, 0.05) is 54.0 Å². The molecule has 1 aromatic carbocycles. The molecule has 3 aromatic rings. The number of thiazole rings is 1. The Bertz CT molecular complexity index is 1030. The van der Waals surface area contributed by atoms with Gasteiger partial charge in [-0.15, -0.1) is 11.3 Å². The molecule has 2 N–H and O–H groups in total. The molecule has 0 saturated carbocycles. The molecular formula is C20H20N4O3S2. The Balaban J connectivity index is 1.34. The Morgan fingerprint density at radius 1 is 1.34 bits per heavy atom. The average molecular weight is 429 g/mol. The molecule has 1 atom stereocenters. The minimum Gasteiger partial charge on any atom is -0.476 e. The van der Waals surface area contributed by atoms with E-state index < -0.39 is 5.97 Å². The van der Waals surface area contributed by atoms with Crippen LogP contribution in [0.5, 0.6) is 0 Å². The maximum absolute atomic E-state index is 12.3. The molecule has 3 heterocycles.